The third-order valence-electron chi connectivity index (χ3n) is 3.41. The average molecular weight is 309 g/mol. The van der Waals surface area contributed by atoms with Crippen molar-refractivity contribution in [1.29, 1.82) is 0 Å². The summed E-state index contributed by atoms with van der Waals surface area (Å²) in [5.41, 5.74) is 0.0123. The van der Waals surface area contributed by atoms with Gasteiger partial charge in [0.2, 0.25) is 0 Å². The Morgan fingerprint density at radius 3 is 2.41 bits per heavy atom. The van der Waals surface area contributed by atoms with Crippen LogP contribution in [0.2, 0.25) is 0 Å². The van der Waals surface area contributed by atoms with Crippen LogP contribution in [0.4, 0.5) is 4.79 Å². The van der Waals surface area contributed by atoms with Gasteiger partial charge in [0.05, 0.1) is 12.2 Å². The number of carboxylic acid groups (broad SMARTS) is 1. The van der Waals surface area contributed by atoms with E-state index in [0.717, 1.165) is 5.82 Å². The SMILES string of the molecule is CC(C)c1nc(C(=O)O)c2n1CCN(C(=O)OC(C)(C)C)C2. The molecular formula is C15H23N3O4. The number of carboxylic acids is 1. The summed E-state index contributed by atoms with van der Waals surface area (Å²) in [6, 6.07) is 0. The molecule has 0 radical (unpaired) electrons. The van der Waals surface area contributed by atoms with Crippen molar-refractivity contribution >= 4 is 12.1 Å². The second-order valence-electron chi connectivity index (χ2n) is 6.78. The molecule has 0 atom stereocenters. The van der Waals surface area contributed by atoms with Crippen LogP contribution in [0.5, 0.6) is 0 Å². The lowest BCUT2D eigenvalue weighted by Gasteiger charge is -2.31. The summed E-state index contributed by atoms with van der Waals surface area (Å²) in [7, 11) is 0. The first-order valence-corrected chi connectivity index (χ1v) is 7.40. The smallest absolute Gasteiger partial charge is 0.410 e. The Balaban J connectivity index is 2.29. The lowest BCUT2D eigenvalue weighted by Crippen LogP contribution is -2.42. The van der Waals surface area contributed by atoms with Crippen molar-refractivity contribution < 1.29 is 19.4 Å². The maximum absolute atomic E-state index is 12.2. The molecule has 1 amide bonds. The van der Waals surface area contributed by atoms with Gasteiger partial charge in [-0.1, -0.05) is 13.8 Å². The van der Waals surface area contributed by atoms with Gasteiger partial charge in [0.1, 0.15) is 11.4 Å². The third kappa shape index (κ3) is 3.23. The Kier molecular flexibility index (Phi) is 4.17. The number of nitrogens with zero attached hydrogens (tertiary/aromatic N) is 3. The number of rotatable bonds is 2. The first-order chi connectivity index (χ1) is 10.1. The Labute approximate surface area is 129 Å². The average Bonchev–Trinajstić information content (AvgIpc) is 2.75. The van der Waals surface area contributed by atoms with Gasteiger partial charge in [-0.3, -0.25) is 0 Å². The second kappa shape index (κ2) is 5.62. The number of aromatic nitrogens is 2. The van der Waals surface area contributed by atoms with Gasteiger partial charge in [-0.05, 0) is 20.8 Å². The molecule has 0 aromatic carbocycles. The molecule has 122 valence electrons. The summed E-state index contributed by atoms with van der Waals surface area (Å²) >= 11 is 0. The van der Waals surface area contributed by atoms with Crippen LogP contribution in [0.3, 0.4) is 0 Å². The van der Waals surface area contributed by atoms with Crippen LogP contribution in [0.15, 0.2) is 0 Å². The maximum atomic E-state index is 12.2. The fraction of sp³-hybridized carbons (Fsp3) is 0.667. The standard InChI is InChI=1S/C15H23N3O4/c1-9(2)12-16-11(13(19)20)10-8-17(6-7-18(10)12)14(21)22-15(3,4)5/h9H,6-8H2,1-5H3,(H,19,20). The highest BCUT2D eigenvalue weighted by atomic mass is 16.6. The molecule has 0 bridgehead atoms. The number of hydrogen-bond acceptors (Lipinski definition) is 4. The zero-order chi connectivity index (χ0) is 16.7. The van der Waals surface area contributed by atoms with E-state index < -0.39 is 17.7 Å². The molecule has 2 rings (SSSR count). The van der Waals surface area contributed by atoms with Gasteiger partial charge in [0, 0.05) is 19.0 Å². The molecule has 1 N–H and O–H groups in total. The van der Waals surface area contributed by atoms with E-state index in [9.17, 15) is 14.7 Å². The molecule has 0 aliphatic carbocycles. The van der Waals surface area contributed by atoms with Crippen molar-refractivity contribution in [3.8, 4) is 0 Å². The Morgan fingerprint density at radius 1 is 1.27 bits per heavy atom. The van der Waals surface area contributed by atoms with Gasteiger partial charge in [-0.25, -0.2) is 14.6 Å². The monoisotopic (exact) mass is 309 g/mol. The maximum Gasteiger partial charge on any atom is 0.410 e. The van der Waals surface area contributed by atoms with Crippen molar-refractivity contribution in [2.45, 2.75) is 59.2 Å². The van der Waals surface area contributed by atoms with Crippen molar-refractivity contribution in [1.82, 2.24) is 14.5 Å². The van der Waals surface area contributed by atoms with Gasteiger partial charge < -0.3 is 19.3 Å². The van der Waals surface area contributed by atoms with E-state index in [1.54, 1.807) is 20.8 Å². The van der Waals surface area contributed by atoms with Crippen LogP contribution < -0.4 is 0 Å². The molecule has 7 heteroatoms. The number of aromatic carboxylic acids is 1. The molecule has 1 aliphatic rings. The predicted molar refractivity (Wildman–Crippen MR) is 79.9 cm³/mol. The highest BCUT2D eigenvalue weighted by Gasteiger charge is 2.31. The van der Waals surface area contributed by atoms with E-state index >= 15 is 0 Å². The summed E-state index contributed by atoms with van der Waals surface area (Å²) in [6.07, 6.45) is -0.428. The van der Waals surface area contributed by atoms with E-state index in [-0.39, 0.29) is 18.2 Å². The van der Waals surface area contributed by atoms with Crippen LogP contribution in [-0.4, -0.2) is 43.8 Å². The molecule has 2 heterocycles. The van der Waals surface area contributed by atoms with E-state index in [1.807, 2.05) is 18.4 Å². The molecule has 0 unspecified atom stereocenters. The number of carbonyl (C=O) groups excluding carboxylic acids is 1. The predicted octanol–water partition coefficient (Wildman–Crippen LogP) is 2.46. The number of carbonyl (C=O) groups is 2. The first kappa shape index (κ1) is 16.3. The normalized spacial score (nSPS) is 14.9. The number of amides is 1. The topological polar surface area (TPSA) is 84.7 Å². The lowest BCUT2D eigenvalue weighted by atomic mass is 10.2. The minimum absolute atomic E-state index is 0.0250. The van der Waals surface area contributed by atoms with Crippen LogP contribution in [0.25, 0.3) is 0 Å². The Hall–Kier alpha value is -2.05. The van der Waals surface area contributed by atoms with Crippen molar-refractivity contribution in [3.63, 3.8) is 0 Å². The van der Waals surface area contributed by atoms with Gasteiger partial charge in [-0.15, -0.1) is 0 Å². The first-order valence-electron chi connectivity index (χ1n) is 7.40. The lowest BCUT2D eigenvalue weighted by molar-refractivity contribution is 0.0195. The van der Waals surface area contributed by atoms with E-state index in [0.29, 0.717) is 18.8 Å². The molecule has 1 aromatic rings. The number of hydrogen-bond donors (Lipinski definition) is 1. The van der Waals surface area contributed by atoms with Crippen LogP contribution in [-0.2, 0) is 17.8 Å². The van der Waals surface area contributed by atoms with Gasteiger partial charge in [0.15, 0.2) is 5.69 Å². The number of fused-ring (bicyclic) bond motifs is 1. The molecule has 0 fully saturated rings. The number of ether oxygens (including phenoxy) is 1. The van der Waals surface area contributed by atoms with Crippen molar-refractivity contribution in [3.05, 3.63) is 17.2 Å². The quantitative estimate of drug-likeness (QED) is 0.907. The van der Waals surface area contributed by atoms with Crippen molar-refractivity contribution in [2.75, 3.05) is 6.54 Å². The molecule has 22 heavy (non-hydrogen) atoms. The molecular weight excluding hydrogens is 286 g/mol. The number of imidazole rings is 1. The largest absolute Gasteiger partial charge is 0.476 e. The summed E-state index contributed by atoms with van der Waals surface area (Å²) in [6.45, 7) is 10.6. The minimum atomic E-state index is -1.07. The third-order valence-corrected chi connectivity index (χ3v) is 3.41. The summed E-state index contributed by atoms with van der Waals surface area (Å²) in [5, 5.41) is 9.34. The fourth-order valence-corrected chi connectivity index (χ4v) is 2.49. The van der Waals surface area contributed by atoms with E-state index in [1.165, 1.54) is 4.90 Å². The van der Waals surface area contributed by atoms with Gasteiger partial charge in [0.25, 0.3) is 0 Å². The molecule has 1 aromatic heterocycles. The van der Waals surface area contributed by atoms with Crippen LogP contribution in [0.1, 0.15) is 62.5 Å². The Morgan fingerprint density at radius 2 is 1.91 bits per heavy atom. The molecule has 7 nitrogen and oxygen atoms in total. The van der Waals surface area contributed by atoms with E-state index in [4.69, 9.17) is 4.74 Å². The zero-order valence-corrected chi connectivity index (χ0v) is 13.7. The molecule has 1 aliphatic heterocycles. The molecule has 0 saturated carbocycles. The molecule has 0 saturated heterocycles. The van der Waals surface area contributed by atoms with Gasteiger partial charge >= 0.3 is 12.1 Å². The second-order valence-corrected chi connectivity index (χ2v) is 6.78. The van der Waals surface area contributed by atoms with Crippen molar-refractivity contribution in [2.24, 2.45) is 0 Å². The van der Waals surface area contributed by atoms with E-state index in [2.05, 4.69) is 4.98 Å². The highest BCUT2D eigenvalue weighted by molar-refractivity contribution is 5.87. The summed E-state index contributed by atoms with van der Waals surface area (Å²) < 4.78 is 7.27. The van der Waals surface area contributed by atoms with Crippen LogP contribution in [0, 0.1) is 0 Å². The molecule has 0 spiro atoms. The van der Waals surface area contributed by atoms with Crippen LogP contribution >= 0.6 is 0 Å². The zero-order valence-electron chi connectivity index (χ0n) is 13.7. The van der Waals surface area contributed by atoms with Gasteiger partial charge in [-0.2, -0.15) is 0 Å². The Bertz CT molecular complexity index is 599. The fourth-order valence-electron chi connectivity index (χ4n) is 2.49. The minimum Gasteiger partial charge on any atom is -0.476 e. The summed E-state index contributed by atoms with van der Waals surface area (Å²) in [4.78, 5) is 29.3. The highest BCUT2D eigenvalue weighted by Crippen LogP contribution is 2.25. The summed E-state index contributed by atoms with van der Waals surface area (Å²) in [5.74, 6) is -0.196.